The van der Waals surface area contributed by atoms with Crippen molar-refractivity contribution in [3.8, 4) is 0 Å². The Morgan fingerprint density at radius 3 is 1.24 bits per heavy atom. The van der Waals surface area contributed by atoms with Crippen LogP contribution in [0.25, 0.3) is 0 Å². The highest BCUT2D eigenvalue weighted by atomic mass is 19.4. The highest BCUT2D eigenvalue weighted by Gasteiger charge is 2.46. The van der Waals surface area contributed by atoms with E-state index < -0.39 is 59.0 Å². The lowest BCUT2D eigenvalue weighted by atomic mass is 9.92. The van der Waals surface area contributed by atoms with Gasteiger partial charge in [-0.05, 0) is 133 Å². The van der Waals surface area contributed by atoms with Gasteiger partial charge in [-0.1, -0.05) is 24.3 Å². The largest absolute Gasteiger partial charge is 0.416 e. The molecule has 20 heteroatoms. The molecule has 0 unspecified atom stereocenters. The van der Waals surface area contributed by atoms with E-state index >= 15 is 17.6 Å². The third kappa shape index (κ3) is 8.39. The van der Waals surface area contributed by atoms with Crippen LogP contribution in [-0.2, 0) is 50.9 Å². The van der Waals surface area contributed by atoms with Gasteiger partial charge < -0.3 is 18.9 Å². The van der Waals surface area contributed by atoms with Crippen LogP contribution in [-0.4, -0.2) is 41.3 Å². The Morgan fingerprint density at radius 2 is 0.926 bits per heavy atom. The fourth-order valence-corrected chi connectivity index (χ4v) is 8.87. The zero-order valence-electron chi connectivity index (χ0n) is 36.8. The summed E-state index contributed by atoms with van der Waals surface area (Å²) in [5, 5.41) is 14.4. The van der Waals surface area contributed by atoms with Crippen molar-refractivity contribution in [1.82, 2.24) is 29.5 Å². The van der Waals surface area contributed by atoms with Crippen LogP contribution in [0.3, 0.4) is 0 Å². The van der Waals surface area contributed by atoms with Crippen LogP contribution in [0.1, 0.15) is 141 Å². The first-order chi connectivity index (χ1) is 32.0. The van der Waals surface area contributed by atoms with Crippen LogP contribution in [0.5, 0.6) is 0 Å². The molecule has 4 aromatic carbocycles. The summed E-state index contributed by atoms with van der Waals surface area (Å²) in [6.45, 7) is 1.50. The Kier molecular flexibility index (Phi) is 11.3. The number of benzene rings is 4. The van der Waals surface area contributed by atoms with E-state index in [4.69, 9.17) is 0 Å². The Labute approximate surface area is 382 Å². The van der Waals surface area contributed by atoms with E-state index in [-0.39, 0.29) is 81.3 Å². The van der Waals surface area contributed by atoms with Crippen molar-refractivity contribution in [3.05, 3.63) is 153 Å². The minimum absolute atomic E-state index is 0.00703. The second kappa shape index (κ2) is 16.6. The molecule has 4 heterocycles. The molecule has 0 radical (unpaired) electrons. The molecule has 2 saturated carbocycles. The summed E-state index contributed by atoms with van der Waals surface area (Å²) in [6.07, 6.45) is -7.85. The molecule has 2 fully saturated rings. The van der Waals surface area contributed by atoms with Gasteiger partial charge in [0, 0.05) is 36.6 Å². The Balaban J connectivity index is 0.000000170. The maximum Gasteiger partial charge on any atom is 0.416 e. The van der Waals surface area contributed by atoms with Gasteiger partial charge in [0.15, 0.2) is 35.3 Å². The number of carbonyl (C=O) groups excluding carboxylic acids is 2. The summed E-state index contributed by atoms with van der Waals surface area (Å²) in [4.78, 5) is 28.7. The van der Waals surface area contributed by atoms with E-state index in [1.165, 1.54) is 94.2 Å². The third-order valence-electron chi connectivity index (χ3n) is 13.2. The van der Waals surface area contributed by atoms with Gasteiger partial charge in [-0.15, -0.1) is 20.4 Å². The maximum atomic E-state index is 15.6. The molecular weight excluding hydrogens is 911 g/mol. The molecule has 0 bridgehead atoms. The number of hydrogen-bond acceptors (Lipinski definition) is 6. The monoisotopic (exact) mass is 952 g/mol. The van der Waals surface area contributed by atoms with E-state index in [0.717, 1.165) is 51.7 Å². The van der Waals surface area contributed by atoms with E-state index in [9.17, 15) is 35.9 Å². The van der Waals surface area contributed by atoms with Crippen molar-refractivity contribution in [2.75, 3.05) is 9.80 Å². The number of fused-ring (bicyclic) bond motifs is 2. The summed E-state index contributed by atoms with van der Waals surface area (Å²) in [7, 11) is 2.98. The summed E-state index contributed by atoms with van der Waals surface area (Å²) in [5.41, 5.74) is -5.62. The van der Waals surface area contributed by atoms with E-state index in [0.29, 0.717) is 11.1 Å². The number of anilines is 2. The molecular formula is C48H42F10N8O2. The average Bonchev–Trinajstić information content (AvgIpc) is 4.19. The lowest BCUT2D eigenvalue weighted by Gasteiger charge is -2.26. The number of carbonyl (C=O) groups is 2. The molecule has 4 atom stereocenters. The molecule has 10 rings (SSSR count). The zero-order valence-corrected chi connectivity index (χ0v) is 36.8. The highest BCUT2D eigenvalue weighted by Crippen LogP contribution is 2.49. The molecule has 2 aliphatic heterocycles. The van der Waals surface area contributed by atoms with Gasteiger partial charge in [-0.25, -0.2) is 17.6 Å². The molecule has 6 aromatic rings. The number of rotatable bonds is 10. The van der Waals surface area contributed by atoms with E-state index in [2.05, 4.69) is 20.4 Å². The first kappa shape index (κ1) is 46.5. The Hall–Kier alpha value is -6.60. The fraction of sp³-hybridized carbons (Fsp3) is 0.375. The summed E-state index contributed by atoms with van der Waals surface area (Å²) in [5.74, 6) is -1.53. The molecule has 0 N–H and O–H groups in total. The molecule has 2 amide bonds. The highest BCUT2D eigenvalue weighted by molar-refractivity contribution is 6.11. The van der Waals surface area contributed by atoms with Crippen LogP contribution in [0.4, 0.5) is 55.3 Å². The Bertz CT molecular complexity index is 2750. The summed E-state index contributed by atoms with van der Waals surface area (Å²) >= 11 is 0. The number of halogens is 10. The Morgan fingerprint density at radius 1 is 0.559 bits per heavy atom. The topological polar surface area (TPSA) is 102 Å². The first-order valence-electron chi connectivity index (χ1n) is 21.6. The fourth-order valence-electron chi connectivity index (χ4n) is 8.87. The van der Waals surface area contributed by atoms with Crippen molar-refractivity contribution in [2.45, 2.75) is 100 Å². The second-order valence-corrected chi connectivity index (χ2v) is 18.1. The van der Waals surface area contributed by atoms with Gasteiger partial charge in [-0.3, -0.25) is 9.59 Å². The summed E-state index contributed by atoms with van der Waals surface area (Å²) in [6, 6.07) is 16.6. The van der Waals surface area contributed by atoms with Gasteiger partial charge in [0.1, 0.15) is 12.7 Å². The third-order valence-corrected chi connectivity index (χ3v) is 13.2. The number of hydrogen-bond donors (Lipinski definition) is 0. The first-order valence-corrected chi connectivity index (χ1v) is 21.6. The average molecular weight is 953 g/mol. The lowest BCUT2D eigenvalue weighted by molar-refractivity contribution is -0.139. The van der Waals surface area contributed by atoms with Crippen LogP contribution in [0.2, 0.25) is 0 Å². The van der Waals surface area contributed by atoms with E-state index in [1.807, 2.05) is 0 Å². The molecule has 356 valence electrons. The van der Waals surface area contributed by atoms with Gasteiger partial charge in [-0.2, -0.15) is 26.3 Å². The lowest BCUT2D eigenvalue weighted by Crippen LogP contribution is -2.27. The quantitative estimate of drug-likeness (QED) is 0.127. The zero-order chi connectivity index (χ0) is 48.8. The normalized spacial score (nSPS) is 18.7. The molecule has 10 nitrogen and oxygen atoms in total. The van der Waals surface area contributed by atoms with Crippen LogP contribution < -0.4 is 9.80 Å². The van der Waals surface area contributed by atoms with Gasteiger partial charge in [0.25, 0.3) is 11.8 Å². The van der Waals surface area contributed by atoms with Crippen molar-refractivity contribution < 1.29 is 53.5 Å². The minimum atomic E-state index is -4.61. The molecule has 4 aliphatic rings. The predicted octanol–water partition coefficient (Wildman–Crippen LogP) is 11.5. The maximum absolute atomic E-state index is 15.6. The van der Waals surface area contributed by atoms with Crippen LogP contribution in [0.15, 0.2) is 85.5 Å². The van der Waals surface area contributed by atoms with Gasteiger partial charge in [0.05, 0.1) is 24.2 Å². The molecule has 2 aromatic heterocycles. The number of amides is 2. The molecule has 2 aliphatic carbocycles. The molecule has 0 spiro atoms. The minimum Gasteiger partial charge on any atom is -0.318 e. The van der Waals surface area contributed by atoms with Gasteiger partial charge >= 0.3 is 12.4 Å². The van der Waals surface area contributed by atoms with Gasteiger partial charge in [0.2, 0.25) is 0 Å². The van der Waals surface area contributed by atoms with Crippen molar-refractivity contribution >= 4 is 23.2 Å². The summed E-state index contributed by atoms with van der Waals surface area (Å²) < 4.78 is 147. The second-order valence-electron chi connectivity index (χ2n) is 18.1. The number of alkyl halides is 10. The van der Waals surface area contributed by atoms with Crippen molar-refractivity contribution in [1.29, 1.82) is 0 Å². The predicted molar refractivity (Wildman–Crippen MR) is 227 cm³/mol. The molecule has 68 heavy (non-hydrogen) atoms. The SMILES string of the molecule is Cn1cnnc1[C@@H](F)[C@](C)(F)c1cccc(N2Cc3c(cc(C4CC4)cc3C(F)(F)F)C2=O)c1.Cn1cnnc1[C@H](F)[C@@](C)(F)c1cccc(N2Cc3c(cc(C4CC4)cc3C(F)(F)F)C2=O)c1. The smallest absolute Gasteiger partial charge is 0.318 e. The van der Waals surface area contributed by atoms with Crippen molar-refractivity contribution in [3.63, 3.8) is 0 Å². The van der Waals surface area contributed by atoms with Crippen LogP contribution in [0, 0.1) is 0 Å². The molecule has 0 saturated heterocycles. The number of aromatic nitrogens is 6. The standard InChI is InChI=1S/2C24H21F5N4O/c2*1-23(26,20(25)21-31-30-12-32(21)2)15-4-3-5-16(10-15)33-11-18-17(22(33)34)8-14(13-6-7-13)9-19(18)24(27,28)29/h2*3-5,8-10,12-13,20H,6-7,11H2,1-2H3/t2*20-,23-/m10/s1. The van der Waals surface area contributed by atoms with Crippen LogP contribution >= 0.6 is 0 Å². The number of aryl methyl sites for hydroxylation is 2. The van der Waals surface area contributed by atoms with E-state index in [1.54, 1.807) is 12.1 Å². The number of nitrogens with zero attached hydrogens (tertiary/aromatic N) is 8. The van der Waals surface area contributed by atoms with Crippen molar-refractivity contribution in [2.24, 2.45) is 14.1 Å².